The molecular formula is C20H28IN3O. The highest BCUT2D eigenvalue weighted by Crippen LogP contribution is 2.31. The maximum Gasteiger partial charge on any atom is 0.191 e. The van der Waals surface area contributed by atoms with Gasteiger partial charge in [-0.05, 0) is 55.5 Å². The molecule has 3 N–H and O–H groups in total. The molecule has 1 fully saturated rings. The SMILES string of the molecule is CCNC(=NCC1(O)CCC1)NC(C)c1ccc2ccccc2c1.I. The summed E-state index contributed by atoms with van der Waals surface area (Å²) in [6.45, 7) is 5.45. The maximum absolute atomic E-state index is 10.2. The molecule has 0 radical (unpaired) electrons. The van der Waals surface area contributed by atoms with E-state index in [1.807, 2.05) is 0 Å². The molecule has 0 bridgehead atoms. The van der Waals surface area contributed by atoms with Crippen LogP contribution in [0.2, 0.25) is 0 Å². The molecule has 0 aromatic heterocycles. The highest BCUT2D eigenvalue weighted by molar-refractivity contribution is 14.0. The van der Waals surface area contributed by atoms with E-state index < -0.39 is 5.60 Å². The first-order chi connectivity index (χ1) is 11.6. The van der Waals surface area contributed by atoms with Gasteiger partial charge in [0.25, 0.3) is 0 Å². The van der Waals surface area contributed by atoms with Crippen molar-refractivity contribution >= 4 is 40.7 Å². The summed E-state index contributed by atoms with van der Waals surface area (Å²) in [4.78, 5) is 4.58. The first-order valence-corrected chi connectivity index (χ1v) is 8.85. The molecule has 136 valence electrons. The Kier molecular flexibility index (Phi) is 7.07. The van der Waals surface area contributed by atoms with E-state index in [0.29, 0.717) is 6.54 Å². The molecule has 4 nitrogen and oxygen atoms in total. The minimum atomic E-state index is -0.589. The van der Waals surface area contributed by atoms with Crippen LogP contribution in [0.1, 0.15) is 44.7 Å². The first-order valence-electron chi connectivity index (χ1n) is 8.85. The lowest BCUT2D eigenvalue weighted by Crippen LogP contribution is -2.43. The average Bonchev–Trinajstić information content (AvgIpc) is 2.57. The molecular weight excluding hydrogens is 425 g/mol. The number of rotatable bonds is 5. The summed E-state index contributed by atoms with van der Waals surface area (Å²) in [5, 5.41) is 19.4. The van der Waals surface area contributed by atoms with Gasteiger partial charge >= 0.3 is 0 Å². The quantitative estimate of drug-likeness (QED) is 0.365. The second-order valence-electron chi connectivity index (χ2n) is 6.75. The maximum atomic E-state index is 10.2. The van der Waals surface area contributed by atoms with Crippen LogP contribution in [0.5, 0.6) is 0 Å². The summed E-state index contributed by atoms with van der Waals surface area (Å²) in [6.07, 6.45) is 2.82. The Morgan fingerprint density at radius 2 is 1.92 bits per heavy atom. The van der Waals surface area contributed by atoms with Crippen molar-refractivity contribution in [3.63, 3.8) is 0 Å². The lowest BCUT2D eigenvalue weighted by atomic mass is 9.80. The number of halogens is 1. The van der Waals surface area contributed by atoms with E-state index >= 15 is 0 Å². The van der Waals surface area contributed by atoms with Gasteiger partial charge in [0, 0.05) is 6.54 Å². The second-order valence-corrected chi connectivity index (χ2v) is 6.75. The van der Waals surface area contributed by atoms with Gasteiger partial charge in [-0.1, -0.05) is 36.4 Å². The van der Waals surface area contributed by atoms with Gasteiger partial charge < -0.3 is 15.7 Å². The highest BCUT2D eigenvalue weighted by atomic mass is 127. The summed E-state index contributed by atoms with van der Waals surface area (Å²) < 4.78 is 0. The van der Waals surface area contributed by atoms with E-state index in [9.17, 15) is 5.11 Å². The highest BCUT2D eigenvalue weighted by Gasteiger charge is 2.34. The van der Waals surface area contributed by atoms with E-state index in [0.717, 1.165) is 31.8 Å². The number of guanidine groups is 1. The fourth-order valence-corrected chi connectivity index (χ4v) is 3.05. The van der Waals surface area contributed by atoms with Crippen molar-refractivity contribution < 1.29 is 5.11 Å². The summed E-state index contributed by atoms with van der Waals surface area (Å²) in [7, 11) is 0. The monoisotopic (exact) mass is 453 g/mol. The van der Waals surface area contributed by atoms with Crippen molar-refractivity contribution in [3.8, 4) is 0 Å². The predicted octanol–water partition coefficient (Wildman–Crippen LogP) is 3.99. The Morgan fingerprint density at radius 3 is 2.56 bits per heavy atom. The van der Waals surface area contributed by atoms with E-state index in [1.165, 1.54) is 16.3 Å². The van der Waals surface area contributed by atoms with Crippen LogP contribution in [-0.4, -0.2) is 29.8 Å². The van der Waals surface area contributed by atoms with Crippen LogP contribution < -0.4 is 10.6 Å². The molecule has 25 heavy (non-hydrogen) atoms. The van der Waals surface area contributed by atoms with Crippen LogP contribution in [0, 0.1) is 0 Å². The fraction of sp³-hybridized carbons (Fsp3) is 0.450. The molecule has 1 aliphatic rings. The van der Waals surface area contributed by atoms with E-state index in [2.05, 4.69) is 71.9 Å². The number of benzene rings is 2. The normalized spacial score (nSPS) is 17.3. The van der Waals surface area contributed by atoms with Crippen molar-refractivity contribution in [1.29, 1.82) is 0 Å². The number of nitrogens with zero attached hydrogens (tertiary/aromatic N) is 1. The minimum Gasteiger partial charge on any atom is -0.388 e. The summed E-state index contributed by atoms with van der Waals surface area (Å²) in [5.74, 6) is 0.762. The molecule has 2 aromatic rings. The molecule has 0 spiro atoms. The van der Waals surface area contributed by atoms with Crippen molar-refractivity contribution in [1.82, 2.24) is 10.6 Å². The van der Waals surface area contributed by atoms with Gasteiger partial charge in [-0.2, -0.15) is 0 Å². The van der Waals surface area contributed by atoms with E-state index in [4.69, 9.17) is 0 Å². The van der Waals surface area contributed by atoms with Gasteiger partial charge in [0.2, 0.25) is 0 Å². The minimum absolute atomic E-state index is 0. The van der Waals surface area contributed by atoms with Crippen LogP contribution in [-0.2, 0) is 0 Å². The van der Waals surface area contributed by atoms with Crippen molar-refractivity contribution in [2.45, 2.75) is 44.8 Å². The smallest absolute Gasteiger partial charge is 0.191 e. The number of aliphatic imine (C=N–C) groups is 1. The number of aliphatic hydroxyl groups is 1. The molecule has 1 unspecified atom stereocenters. The van der Waals surface area contributed by atoms with E-state index in [-0.39, 0.29) is 30.0 Å². The summed E-state index contributed by atoms with van der Waals surface area (Å²) in [5.41, 5.74) is 0.635. The Balaban J connectivity index is 0.00000225. The van der Waals surface area contributed by atoms with Crippen molar-refractivity contribution in [2.24, 2.45) is 4.99 Å². The van der Waals surface area contributed by atoms with E-state index in [1.54, 1.807) is 0 Å². The molecule has 1 atom stereocenters. The topological polar surface area (TPSA) is 56.7 Å². The van der Waals surface area contributed by atoms with Crippen LogP contribution >= 0.6 is 24.0 Å². The Labute approximate surface area is 167 Å². The lowest BCUT2D eigenvalue weighted by Gasteiger charge is -2.35. The Morgan fingerprint density at radius 1 is 1.20 bits per heavy atom. The van der Waals surface area contributed by atoms with Gasteiger partial charge in [0.05, 0.1) is 18.2 Å². The number of nitrogens with one attached hydrogen (secondary N) is 2. The molecule has 0 heterocycles. The zero-order valence-corrected chi connectivity index (χ0v) is 17.3. The largest absolute Gasteiger partial charge is 0.388 e. The van der Waals surface area contributed by atoms with Gasteiger partial charge in [-0.25, -0.2) is 0 Å². The molecule has 1 aliphatic carbocycles. The molecule has 1 saturated carbocycles. The average molecular weight is 453 g/mol. The zero-order valence-electron chi connectivity index (χ0n) is 15.0. The molecule has 5 heteroatoms. The lowest BCUT2D eigenvalue weighted by molar-refractivity contribution is -0.0236. The van der Waals surface area contributed by atoms with Gasteiger partial charge in [-0.3, -0.25) is 4.99 Å². The van der Waals surface area contributed by atoms with Gasteiger partial charge in [0.15, 0.2) is 5.96 Å². The molecule has 0 amide bonds. The van der Waals surface area contributed by atoms with Crippen LogP contribution in [0.3, 0.4) is 0 Å². The third-order valence-corrected chi connectivity index (χ3v) is 4.79. The Hall–Kier alpha value is -1.34. The van der Waals surface area contributed by atoms with Crippen LogP contribution in [0.15, 0.2) is 47.5 Å². The first kappa shape index (κ1) is 20.0. The number of hydrogen-bond acceptors (Lipinski definition) is 2. The molecule has 0 aliphatic heterocycles. The third-order valence-electron chi connectivity index (χ3n) is 4.79. The van der Waals surface area contributed by atoms with Crippen molar-refractivity contribution in [2.75, 3.05) is 13.1 Å². The predicted molar refractivity (Wildman–Crippen MR) is 116 cm³/mol. The third kappa shape index (κ3) is 5.07. The second kappa shape index (κ2) is 8.85. The molecule has 2 aromatic carbocycles. The van der Waals surface area contributed by atoms with Gasteiger partial charge in [0.1, 0.15) is 0 Å². The number of fused-ring (bicyclic) bond motifs is 1. The Bertz CT molecular complexity index is 728. The van der Waals surface area contributed by atoms with Crippen molar-refractivity contribution in [3.05, 3.63) is 48.0 Å². The zero-order chi connectivity index (χ0) is 17.0. The summed E-state index contributed by atoms with van der Waals surface area (Å²) >= 11 is 0. The van der Waals surface area contributed by atoms with Crippen LogP contribution in [0.25, 0.3) is 10.8 Å². The summed E-state index contributed by atoms with van der Waals surface area (Å²) in [6, 6.07) is 15.1. The molecule has 0 saturated heterocycles. The van der Waals surface area contributed by atoms with Crippen LogP contribution in [0.4, 0.5) is 0 Å². The van der Waals surface area contributed by atoms with Gasteiger partial charge in [-0.15, -0.1) is 24.0 Å². The standard InChI is InChI=1S/C20H27N3O.HI/c1-3-21-19(22-14-20(24)11-6-12-20)23-15(2)17-10-9-16-7-4-5-8-18(16)13-17;/h4-5,7-10,13,15,24H,3,6,11-12,14H2,1-2H3,(H2,21,22,23);1H. The fourth-order valence-electron chi connectivity index (χ4n) is 3.05. The number of hydrogen-bond donors (Lipinski definition) is 3. The molecule has 3 rings (SSSR count).